The van der Waals surface area contributed by atoms with E-state index in [0.717, 1.165) is 17.5 Å². The van der Waals surface area contributed by atoms with Crippen molar-refractivity contribution in [3.63, 3.8) is 0 Å². The van der Waals surface area contributed by atoms with Crippen molar-refractivity contribution in [2.45, 2.75) is 32.0 Å². The summed E-state index contributed by atoms with van der Waals surface area (Å²) in [5.74, 6) is -1.23. The zero-order valence-corrected chi connectivity index (χ0v) is 21.1. The summed E-state index contributed by atoms with van der Waals surface area (Å²) >= 11 is 6.06. The predicted octanol–water partition coefficient (Wildman–Crippen LogP) is 6.21. The number of amides is 1. The fourth-order valence-corrected chi connectivity index (χ4v) is 4.76. The first kappa shape index (κ1) is 26.3. The molecule has 0 saturated carbocycles. The molecule has 4 nitrogen and oxygen atoms in total. The Morgan fingerprint density at radius 1 is 0.889 bits per heavy atom. The number of carbonyl (C=O) groups is 1. The number of piperazine rings is 1. The van der Waals surface area contributed by atoms with E-state index >= 15 is 0 Å². The number of rotatable bonds is 9. The minimum absolute atomic E-state index is 0.0848. The summed E-state index contributed by atoms with van der Waals surface area (Å²) in [5, 5.41) is 0.605. The van der Waals surface area contributed by atoms with Crippen LogP contribution in [0.2, 0.25) is 5.02 Å². The molecule has 0 unspecified atom stereocenters. The SMILES string of the molecule is CC[C@H](C(=O)N1CCN(C[C@@H](OCc2c(F)cccc2F)c2ccc(Cl)cc2)CC1)c1ccccc1. The minimum Gasteiger partial charge on any atom is -0.367 e. The lowest BCUT2D eigenvalue weighted by molar-refractivity contribution is -0.135. The molecule has 190 valence electrons. The smallest absolute Gasteiger partial charge is 0.230 e. The van der Waals surface area contributed by atoms with Crippen molar-refractivity contribution in [2.75, 3.05) is 32.7 Å². The highest BCUT2D eigenvalue weighted by molar-refractivity contribution is 6.30. The Kier molecular flexibility index (Phi) is 9.08. The molecule has 4 rings (SSSR count). The monoisotopic (exact) mass is 512 g/mol. The summed E-state index contributed by atoms with van der Waals surface area (Å²) in [6, 6.07) is 21.0. The van der Waals surface area contributed by atoms with Gasteiger partial charge >= 0.3 is 0 Å². The highest BCUT2D eigenvalue weighted by Crippen LogP contribution is 2.26. The number of carbonyl (C=O) groups excluding carboxylic acids is 1. The third-order valence-electron chi connectivity index (χ3n) is 6.75. The Morgan fingerprint density at radius 3 is 2.14 bits per heavy atom. The van der Waals surface area contributed by atoms with E-state index in [1.54, 1.807) is 12.1 Å². The fraction of sp³-hybridized carbons (Fsp3) is 0.345. The maximum atomic E-state index is 14.2. The summed E-state index contributed by atoms with van der Waals surface area (Å²) in [4.78, 5) is 17.4. The molecule has 0 N–H and O–H groups in total. The molecule has 0 spiro atoms. The van der Waals surface area contributed by atoms with Gasteiger partial charge in [-0.15, -0.1) is 0 Å². The Hall–Kier alpha value is -2.80. The van der Waals surface area contributed by atoms with Crippen molar-refractivity contribution >= 4 is 17.5 Å². The van der Waals surface area contributed by atoms with E-state index in [9.17, 15) is 13.6 Å². The number of benzene rings is 3. The molecule has 3 aromatic carbocycles. The van der Waals surface area contributed by atoms with Crippen molar-refractivity contribution in [1.82, 2.24) is 9.80 Å². The van der Waals surface area contributed by atoms with Crippen molar-refractivity contribution in [3.05, 3.63) is 106 Å². The van der Waals surface area contributed by atoms with Gasteiger partial charge in [0.05, 0.1) is 18.6 Å². The van der Waals surface area contributed by atoms with Crippen LogP contribution in [0.1, 0.15) is 42.1 Å². The normalized spacial score (nSPS) is 16.1. The Balaban J connectivity index is 1.40. The first-order valence-corrected chi connectivity index (χ1v) is 12.7. The first-order valence-electron chi connectivity index (χ1n) is 12.3. The number of hydrogen-bond acceptors (Lipinski definition) is 3. The molecule has 1 heterocycles. The van der Waals surface area contributed by atoms with E-state index in [1.165, 1.54) is 18.2 Å². The van der Waals surface area contributed by atoms with Crippen molar-refractivity contribution in [1.29, 1.82) is 0 Å². The average molecular weight is 513 g/mol. The van der Waals surface area contributed by atoms with Crippen LogP contribution in [-0.2, 0) is 16.1 Å². The molecule has 3 aromatic rings. The van der Waals surface area contributed by atoms with Gasteiger partial charge in [-0.1, -0.05) is 67.1 Å². The lowest BCUT2D eigenvalue weighted by Gasteiger charge is -2.38. The van der Waals surface area contributed by atoms with E-state index in [4.69, 9.17) is 16.3 Å². The Labute approximate surface area is 216 Å². The third kappa shape index (κ3) is 6.49. The zero-order valence-electron chi connectivity index (χ0n) is 20.4. The van der Waals surface area contributed by atoms with E-state index < -0.39 is 17.7 Å². The molecule has 7 heteroatoms. The van der Waals surface area contributed by atoms with E-state index in [0.29, 0.717) is 37.7 Å². The molecule has 1 aliphatic heterocycles. The Bertz CT molecular complexity index is 1120. The van der Waals surface area contributed by atoms with Crippen LogP contribution >= 0.6 is 11.6 Å². The van der Waals surface area contributed by atoms with Gasteiger partial charge in [0.1, 0.15) is 11.6 Å². The van der Waals surface area contributed by atoms with Gasteiger partial charge in [0.15, 0.2) is 0 Å². The standard InChI is InChI=1S/C29H31ClF2N2O2/c1-2-24(21-7-4-3-5-8-21)29(35)34-17-15-33(16-18-34)19-28(22-11-13-23(30)14-12-22)36-20-25-26(31)9-6-10-27(25)32/h3-14,24,28H,2,15-20H2,1H3/t24-,28+/m0/s1. The summed E-state index contributed by atoms with van der Waals surface area (Å²) in [7, 11) is 0. The zero-order chi connectivity index (χ0) is 25.5. The van der Waals surface area contributed by atoms with Crippen LogP contribution in [0.4, 0.5) is 8.78 Å². The van der Waals surface area contributed by atoms with Crippen molar-refractivity contribution in [2.24, 2.45) is 0 Å². The third-order valence-corrected chi connectivity index (χ3v) is 7.00. The second kappa shape index (κ2) is 12.4. The minimum atomic E-state index is -0.624. The van der Waals surface area contributed by atoms with E-state index in [2.05, 4.69) is 4.90 Å². The van der Waals surface area contributed by atoms with Gasteiger partial charge in [-0.2, -0.15) is 0 Å². The molecule has 1 amide bonds. The molecular formula is C29H31ClF2N2O2. The summed E-state index contributed by atoms with van der Waals surface area (Å²) < 4.78 is 34.4. The number of halogens is 3. The van der Waals surface area contributed by atoms with Crippen LogP contribution in [0.25, 0.3) is 0 Å². The van der Waals surface area contributed by atoms with Crippen molar-refractivity contribution < 1.29 is 18.3 Å². The second-order valence-corrected chi connectivity index (χ2v) is 9.49. The van der Waals surface area contributed by atoms with Gasteiger partial charge in [-0.05, 0) is 41.8 Å². The van der Waals surface area contributed by atoms with Crippen LogP contribution in [0.3, 0.4) is 0 Å². The van der Waals surface area contributed by atoms with Gasteiger partial charge in [-0.25, -0.2) is 8.78 Å². The molecular weight excluding hydrogens is 482 g/mol. The number of nitrogens with zero attached hydrogens (tertiary/aromatic N) is 2. The van der Waals surface area contributed by atoms with Gasteiger partial charge < -0.3 is 9.64 Å². The Morgan fingerprint density at radius 2 is 1.53 bits per heavy atom. The lowest BCUT2D eigenvalue weighted by Crippen LogP contribution is -2.50. The molecule has 0 bridgehead atoms. The fourth-order valence-electron chi connectivity index (χ4n) is 4.63. The second-order valence-electron chi connectivity index (χ2n) is 9.05. The van der Waals surface area contributed by atoms with Crippen LogP contribution < -0.4 is 0 Å². The average Bonchev–Trinajstić information content (AvgIpc) is 2.89. The van der Waals surface area contributed by atoms with Crippen LogP contribution in [0, 0.1) is 11.6 Å². The van der Waals surface area contributed by atoms with Gasteiger partial charge in [0, 0.05) is 43.3 Å². The highest BCUT2D eigenvalue weighted by atomic mass is 35.5. The topological polar surface area (TPSA) is 32.8 Å². The molecule has 1 aliphatic rings. The molecule has 0 aliphatic carbocycles. The summed E-state index contributed by atoms with van der Waals surface area (Å²) in [6.45, 7) is 5.03. The molecule has 36 heavy (non-hydrogen) atoms. The molecule has 1 saturated heterocycles. The summed E-state index contributed by atoms with van der Waals surface area (Å²) in [6.07, 6.45) is 0.346. The maximum absolute atomic E-state index is 14.2. The highest BCUT2D eigenvalue weighted by Gasteiger charge is 2.29. The molecule has 0 radical (unpaired) electrons. The van der Waals surface area contributed by atoms with Crippen LogP contribution in [0.15, 0.2) is 72.8 Å². The van der Waals surface area contributed by atoms with Gasteiger partial charge in [0.2, 0.25) is 5.91 Å². The van der Waals surface area contributed by atoms with Crippen molar-refractivity contribution in [3.8, 4) is 0 Å². The van der Waals surface area contributed by atoms with Gasteiger partial charge in [0.25, 0.3) is 0 Å². The van der Waals surface area contributed by atoms with E-state index in [1.807, 2.05) is 54.3 Å². The van der Waals surface area contributed by atoms with Crippen LogP contribution in [0.5, 0.6) is 0 Å². The first-order chi connectivity index (χ1) is 17.5. The number of hydrogen-bond donors (Lipinski definition) is 0. The lowest BCUT2D eigenvalue weighted by atomic mass is 9.95. The molecule has 2 atom stereocenters. The predicted molar refractivity (Wildman–Crippen MR) is 138 cm³/mol. The largest absolute Gasteiger partial charge is 0.367 e. The molecule has 1 fully saturated rings. The maximum Gasteiger partial charge on any atom is 0.230 e. The quantitative estimate of drug-likeness (QED) is 0.341. The summed E-state index contributed by atoms with van der Waals surface area (Å²) in [5.41, 5.74) is 1.84. The van der Waals surface area contributed by atoms with E-state index in [-0.39, 0.29) is 24.0 Å². The number of ether oxygens (including phenoxy) is 1. The van der Waals surface area contributed by atoms with Crippen LogP contribution in [-0.4, -0.2) is 48.4 Å². The molecule has 0 aromatic heterocycles. The van der Waals surface area contributed by atoms with Gasteiger partial charge in [-0.3, -0.25) is 9.69 Å².